The molecular formula is C26H27N3O6. The highest BCUT2D eigenvalue weighted by molar-refractivity contribution is 6.34. The van der Waals surface area contributed by atoms with Crippen LogP contribution in [0.3, 0.4) is 0 Å². The lowest BCUT2D eigenvalue weighted by atomic mass is 10.1. The van der Waals surface area contributed by atoms with Gasteiger partial charge in [0.05, 0.1) is 29.0 Å². The predicted molar refractivity (Wildman–Crippen MR) is 127 cm³/mol. The molecule has 2 atom stereocenters. The van der Waals surface area contributed by atoms with Gasteiger partial charge in [-0.05, 0) is 68.1 Å². The molecule has 4 amide bonds. The van der Waals surface area contributed by atoms with E-state index >= 15 is 0 Å². The monoisotopic (exact) mass is 477 g/mol. The van der Waals surface area contributed by atoms with E-state index in [4.69, 9.17) is 9.47 Å². The van der Waals surface area contributed by atoms with Crippen molar-refractivity contribution in [1.82, 2.24) is 10.6 Å². The van der Waals surface area contributed by atoms with Gasteiger partial charge in [-0.3, -0.25) is 19.2 Å². The molecule has 0 aliphatic carbocycles. The summed E-state index contributed by atoms with van der Waals surface area (Å²) in [5.74, 6) is -1.53. The quantitative estimate of drug-likeness (QED) is 0.592. The van der Waals surface area contributed by atoms with Gasteiger partial charge in [-0.25, -0.2) is 4.90 Å². The van der Waals surface area contributed by atoms with Gasteiger partial charge in [0, 0.05) is 37.4 Å². The molecule has 0 unspecified atom stereocenters. The number of carbonyl (C=O) groups is 4. The van der Waals surface area contributed by atoms with E-state index in [1.165, 1.54) is 12.1 Å². The topological polar surface area (TPSA) is 114 Å². The Morgan fingerprint density at radius 3 is 1.89 bits per heavy atom. The lowest BCUT2D eigenvalue weighted by Crippen LogP contribution is -2.32. The van der Waals surface area contributed by atoms with Gasteiger partial charge in [-0.15, -0.1) is 0 Å². The van der Waals surface area contributed by atoms with Crippen molar-refractivity contribution in [2.45, 2.75) is 37.9 Å². The van der Waals surface area contributed by atoms with Crippen LogP contribution in [-0.2, 0) is 9.47 Å². The van der Waals surface area contributed by atoms with E-state index in [0.717, 1.165) is 37.2 Å². The number of hydrogen-bond acceptors (Lipinski definition) is 6. The van der Waals surface area contributed by atoms with Crippen molar-refractivity contribution in [3.63, 3.8) is 0 Å². The number of ether oxygens (including phenoxy) is 2. The summed E-state index contributed by atoms with van der Waals surface area (Å²) in [5.41, 5.74) is 1.51. The van der Waals surface area contributed by atoms with Gasteiger partial charge >= 0.3 is 0 Å². The minimum Gasteiger partial charge on any atom is -0.376 e. The molecule has 3 heterocycles. The second-order valence-corrected chi connectivity index (χ2v) is 8.94. The minimum absolute atomic E-state index is 0.00757. The van der Waals surface area contributed by atoms with Crippen molar-refractivity contribution in [2.75, 3.05) is 31.2 Å². The number of benzene rings is 2. The van der Waals surface area contributed by atoms with Gasteiger partial charge in [-0.1, -0.05) is 0 Å². The molecule has 3 aliphatic heterocycles. The van der Waals surface area contributed by atoms with E-state index in [1.807, 2.05) is 0 Å². The molecule has 9 nitrogen and oxygen atoms in total. The summed E-state index contributed by atoms with van der Waals surface area (Å²) < 4.78 is 11.0. The molecule has 0 aromatic heterocycles. The summed E-state index contributed by atoms with van der Waals surface area (Å²) in [6, 6.07) is 10.8. The van der Waals surface area contributed by atoms with E-state index in [1.54, 1.807) is 30.3 Å². The molecule has 2 aromatic rings. The Kier molecular flexibility index (Phi) is 6.61. The summed E-state index contributed by atoms with van der Waals surface area (Å²) >= 11 is 0. The van der Waals surface area contributed by atoms with E-state index in [0.29, 0.717) is 36.5 Å². The highest BCUT2D eigenvalue weighted by atomic mass is 16.5. The number of rotatable bonds is 7. The summed E-state index contributed by atoms with van der Waals surface area (Å²) in [6.45, 7) is 2.27. The lowest BCUT2D eigenvalue weighted by molar-refractivity contribution is 0.0854. The van der Waals surface area contributed by atoms with E-state index in [9.17, 15) is 19.2 Å². The summed E-state index contributed by atoms with van der Waals surface area (Å²) in [6.07, 6.45) is 3.86. The maximum atomic E-state index is 13.1. The van der Waals surface area contributed by atoms with Gasteiger partial charge in [0.15, 0.2) is 0 Å². The highest BCUT2D eigenvalue weighted by Crippen LogP contribution is 2.29. The second-order valence-electron chi connectivity index (χ2n) is 8.94. The first kappa shape index (κ1) is 23.2. The van der Waals surface area contributed by atoms with Gasteiger partial charge in [0.2, 0.25) is 0 Å². The third-order valence-electron chi connectivity index (χ3n) is 6.57. The zero-order chi connectivity index (χ0) is 24.4. The van der Waals surface area contributed by atoms with Crippen LogP contribution in [0.2, 0.25) is 0 Å². The van der Waals surface area contributed by atoms with E-state index in [-0.39, 0.29) is 35.1 Å². The van der Waals surface area contributed by atoms with Gasteiger partial charge < -0.3 is 20.1 Å². The third-order valence-corrected chi connectivity index (χ3v) is 6.57. The van der Waals surface area contributed by atoms with Gasteiger partial charge in [0.1, 0.15) is 0 Å². The molecule has 9 heteroatoms. The summed E-state index contributed by atoms with van der Waals surface area (Å²) in [5, 5.41) is 5.68. The van der Waals surface area contributed by atoms with E-state index < -0.39 is 11.8 Å². The predicted octanol–water partition coefficient (Wildman–Crippen LogP) is 2.30. The van der Waals surface area contributed by atoms with E-state index in [2.05, 4.69) is 10.6 Å². The van der Waals surface area contributed by atoms with Crippen molar-refractivity contribution in [1.29, 1.82) is 0 Å². The standard InChI is InChI=1S/C26H27N3O6/c30-23(27-14-19-3-1-11-34-19)16-5-8-18(9-6-16)29-25(32)21-10-7-17(13-22(21)26(29)33)24(31)28-15-20-4-2-12-35-20/h5-10,13,19-20H,1-4,11-12,14-15H2,(H,27,30)(H,28,31)/t19-,20-/m0/s1. The number of hydrogen-bond donors (Lipinski definition) is 2. The van der Waals surface area contributed by atoms with Crippen molar-refractivity contribution >= 4 is 29.3 Å². The molecule has 0 radical (unpaired) electrons. The Labute approximate surface area is 202 Å². The number of nitrogens with one attached hydrogen (secondary N) is 2. The Bertz CT molecular complexity index is 1150. The van der Waals surface area contributed by atoms with Crippen molar-refractivity contribution in [3.05, 3.63) is 64.7 Å². The fraction of sp³-hybridized carbons (Fsp3) is 0.385. The Balaban J connectivity index is 1.25. The number of imide groups is 1. The normalized spacial score (nSPS) is 21.3. The van der Waals surface area contributed by atoms with Crippen LogP contribution in [0.25, 0.3) is 0 Å². The van der Waals surface area contributed by atoms with Crippen LogP contribution in [0.4, 0.5) is 5.69 Å². The fourth-order valence-corrected chi connectivity index (χ4v) is 4.61. The molecule has 2 saturated heterocycles. The largest absolute Gasteiger partial charge is 0.376 e. The lowest BCUT2D eigenvalue weighted by Gasteiger charge is -2.15. The Morgan fingerprint density at radius 1 is 0.771 bits per heavy atom. The number of fused-ring (bicyclic) bond motifs is 1. The molecule has 2 fully saturated rings. The molecule has 5 rings (SSSR count). The Morgan fingerprint density at radius 2 is 1.31 bits per heavy atom. The van der Waals surface area contributed by atoms with Crippen LogP contribution in [0, 0.1) is 0 Å². The smallest absolute Gasteiger partial charge is 0.266 e. The average Bonchev–Trinajstić information content (AvgIpc) is 3.64. The fourth-order valence-electron chi connectivity index (χ4n) is 4.61. The first-order chi connectivity index (χ1) is 17.0. The minimum atomic E-state index is -0.505. The maximum absolute atomic E-state index is 13.1. The second kappa shape index (κ2) is 9.97. The SMILES string of the molecule is O=C(NC[C@@H]1CCCO1)c1ccc(N2C(=O)c3ccc(C(=O)NC[C@@H]4CCCO4)cc3C2=O)cc1. The van der Waals surface area contributed by atoms with Crippen LogP contribution in [-0.4, -0.2) is 62.1 Å². The summed E-state index contributed by atoms with van der Waals surface area (Å²) in [7, 11) is 0. The maximum Gasteiger partial charge on any atom is 0.266 e. The zero-order valence-electron chi connectivity index (χ0n) is 19.2. The highest BCUT2D eigenvalue weighted by Gasteiger charge is 2.37. The van der Waals surface area contributed by atoms with Crippen LogP contribution in [0.1, 0.15) is 67.1 Å². The molecule has 0 bridgehead atoms. The van der Waals surface area contributed by atoms with Gasteiger partial charge in [-0.2, -0.15) is 0 Å². The van der Waals surface area contributed by atoms with Crippen molar-refractivity contribution in [2.24, 2.45) is 0 Å². The van der Waals surface area contributed by atoms with Crippen LogP contribution >= 0.6 is 0 Å². The molecule has 0 saturated carbocycles. The summed E-state index contributed by atoms with van der Waals surface area (Å²) in [4.78, 5) is 52.1. The number of amides is 4. The third kappa shape index (κ3) is 4.82. The van der Waals surface area contributed by atoms with Crippen molar-refractivity contribution in [3.8, 4) is 0 Å². The van der Waals surface area contributed by atoms with Gasteiger partial charge in [0.25, 0.3) is 23.6 Å². The van der Waals surface area contributed by atoms with Crippen molar-refractivity contribution < 1.29 is 28.7 Å². The molecule has 182 valence electrons. The molecule has 2 aromatic carbocycles. The molecule has 0 spiro atoms. The number of carbonyl (C=O) groups excluding carboxylic acids is 4. The first-order valence-electron chi connectivity index (χ1n) is 11.9. The molecule has 2 N–H and O–H groups in total. The Hall–Kier alpha value is -3.56. The molecule has 3 aliphatic rings. The van der Waals surface area contributed by atoms with Crippen LogP contribution < -0.4 is 15.5 Å². The molecule has 35 heavy (non-hydrogen) atoms. The number of nitrogens with zero attached hydrogens (tertiary/aromatic N) is 1. The first-order valence-corrected chi connectivity index (χ1v) is 11.9. The average molecular weight is 478 g/mol. The number of anilines is 1. The zero-order valence-corrected chi connectivity index (χ0v) is 19.2. The molecular weight excluding hydrogens is 450 g/mol. The van der Waals surface area contributed by atoms with Crippen LogP contribution in [0.15, 0.2) is 42.5 Å². The van der Waals surface area contributed by atoms with Crippen LogP contribution in [0.5, 0.6) is 0 Å².